The topological polar surface area (TPSA) is 80.5 Å². The summed E-state index contributed by atoms with van der Waals surface area (Å²) in [7, 11) is 0. The van der Waals surface area contributed by atoms with E-state index in [1.807, 2.05) is 6.92 Å². The Bertz CT molecular complexity index is 432. The zero-order valence-corrected chi connectivity index (χ0v) is 11.1. The number of nitrogens with one attached hydrogen (secondary N) is 1. The number of ether oxygens (including phenoxy) is 1. The van der Waals surface area contributed by atoms with E-state index in [4.69, 9.17) is 10.5 Å². The van der Waals surface area contributed by atoms with Crippen LogP contribution in [0.3, 0.4) is 0 Å². The van der Waals surface area contributed by atoms with Crippen LogP contribution in [-0.4, -0.2) is 49.8 Å². The number of pyridine rings is 1. The molecule has 0 bridgehead atoms. The highest BCUT2D eigenvalue weighted by atomic mass is 16.5. The first-order valence-corrected chi connectivity index (χ1v) is 6.51. The minimum absolute atomic E-state index is 0.0507. The summed E-state index contributed by atoms with van der Waals surface area (Å²) in [5.41, 5.74) is 6.11. The molecule has 0 aliphatic carbocycles. The Morgan fingerprint density at radius 1 is 1.58 bits per heavy atom. The minimum Gasteiger partial charge on any atom is -0.378 e. The van der Waals surface area contributed by atoms with Crippen molar-refractivity contribution < 1.29 is 9.53 Å². The molecular formula is C13H20N4O2. The van der Waals surface area contributed by atoms with Gasteiger partial charge in [-0.15, -0.1) is 0 Å². The molecule has 1 fully saturated rings. The Labute approximate surface area is 112 Å². The molecule has 1 aliphatic rings. The number of morpholine rings is 1. The van der Waals surface area contributed by atoms with E-state index >= 15 is 0 Å². The maximum atomic E-state index is 12.2. The summed E-state index contributed by atoms with van der Waals surface area (Å²) in [5.74, 6) is 0.583. The van der Waals surface area contributed by atoms with Gasteiger partial charge in [0, 0.05) is 31.9 Å². The number of aromatic nitrogens is 1. The molecule has 6 heteroatoms. The lowest BCUT2D eigenvalue weighted by Gasteiger charge is -2.29. The van der Waals surface area contributed by atoms with Crippen molar-refractivity contribution in [2.75, 3.05) is 37.7 Å². The minimum atomic E-state index is -0.132. The predicted molar refractivity (Wildman–Crippen MR) is 73.3 cm³/mol. The number of hydrogen-bond donors (Lipinski definition) is 2. The van der Waals surface area contributed by atoms with Crippen molar-refractivity contribution >= 4 is 11.7 Å². The smallest absolute Gasteiger partial charge is 0.255 e. The van der Waals surface area contributed by atoms with E-state index in [0.29, 0.717) is 31.1 Å². The third-order valence-corrected chi connectivity index (χ3v) is 3.07. The molecule has 1 aromatic rings. The molecule has 19 heavy (non-hydrogen) atoms. The average molecular weight is 264 g/mol. The van der Waals surface area contributed by atoms with E-state index < -0.39 is 0 Å². The summed E-state index contributed by atoms with van der Waals surface area (Å²) in [6, 6.07) is 3.51. The first-order valence-electron chi connectivity index (χ1n) is 6.51. The zero-order valence-electron chi connectivity index (χ0n) is 11.1. The highest BCUT2D eigenvalue weighted by Crippen LogP contribution is 2.18. The Morgan fingerprint density at radius 3 is 3.00 bits per heavy atom. The molecule has 0 radical (unpaired) electrons. The summed E-state index contributed by atoms with van der Waals surface area (Å²) in [6.45, 7) is 5.13. The average Bonchev–Trinajstić information content (AvgIpc) is 2.48. The Hall–Kier alpha value is -1.66. The predicted octanol–water partition coefficient (Wildman–Crippen LogP) is -0.00480. The first-order chi connectivity index (χ1) is 9.22. The Balaban J connectivity index is 2.17. The fourth-order valence-corrected chi connectivity index (χ4v) is 1.96. The highest BCUT2D eigenvalue weighted by Gasteiger charge is 2.20. The van der Waals surface area contributed by atoms with Crippen LogP contribution >= 0.6 is 0 Å². The number of carbonyl (C=O) groups excluding carboxylic acids is 1. The zero-order chi connectivity index (χ0) is 13.7. The standard InChI is InChI=1S/C13H20N4O2/c1-10(9-14)16-13(18)11-3-2-4-15-12(11)17-5-7-19-8-6-17/h2-4,10H,5-9,14H2,1H3,(H,16,18)/t10-/m0/s1. The van der Waals surface area contributed by atoms with Crippen molar-refractivity contribution in [3.63, 3.8) is 0 Å². The number of amides is 1. The van der Waals surface area contributed by atoms with Gasteiger partial charge in [-0.1, -0.05) is 0 Å². The first kappa shape index (κ1) is 13.8. The van der Waals surface area contributed by atoms with Crippen LogP contribution in [0.15, 0.2) is 18.3 Å². The normalized spacial score (nSPS) is 17.1. The summed E-state index contributed by atoms with van der Waals surface area (Å²) < 4.78 is 5.32. The molecule has 104 valence electrons. The molecule has 0 saturated carbocycles. The molecule has 3 N–H and O–H groups in total. The highest BCUT2D eigenvalue weighted by molar-refractivity contribution is 5.99. The van der Waals surface area contributed by atoms with Gasteiger partial charge in [-0.2, -0.15) is 0 Å². The molecule has 1 saturated heterocycles. The summed E-state index contributed by atoms with van der Waals surface area (Å²) >= 11 is 0. The molecule has 0 aromatic carbocycles. The van der Waals surface area contributed by atoms with Crippen LogP contribution in [0.5, 0.6) is 0 Å². The third kappa shape index (κ3) is 3.42. The van der Waals surface area contributed by atoms with Gasteiger partial charge in [-0.3, -0.25) is 4.79 Å². The second-order valence-electron chi connectivity index (χ2n) is 4.58. The lowest BCUT2D eigenvalue weighted by Crippen LogP contribution is -2.41. The van der Waals surface area contributed by atoms with Gasteiger partial charge in [0.2, 0.25) is 0 Å². The van der Waals surface area contributed by atoms with Gasteiger partial charge in [0.15, 0.2) is 0 Å². The number of hydrogen-bond acceptors (Lipinski definition) is 5. The van der Waals surface area contributed by atoms with Crippen molar-refractivity contribution in [2.45, 2.75) is 13.0 Å². The fourth-order valence-electron chi connectivity index (χ4n) is 1.96. The number of carbonyl (C=O) groups is 1. The number of nitrogens with zero attached hydrogens (tertiary/aromatic N) is 2. The van der Waals surface area contributed by atoms with Gasteiger partial charge in [0.05, 0.1) is 18.8 Å². The number of nitrogens with two attached hydrogens (primary N) is 1. The van der Waals surface area contributed by atoms with Crippen LogP contribution in [0.2, 0.25) is 0 Å². The Morgan fingerprint density at radius 2 is 2.32 bits per heavy atom. The second-order valence-corrected chi connectivity index (χ2v) is 4.58. The van der Waals surface area contributed by atoms with Crippen LogP contribution in [-0.2, 0) is 4.74 Å². The lowest BCUT2D eigenvalue weighted by atomic mass is 10.2. The van der Waals surface area contributed by atoms with Gasteiger partial charge < -0.3 is 20.7 Å². The van der Waals surface area contributed by atoms with E-state index in [2.05, 4.69) is 15.2 Å². The molecule has 1 atom stereocenters. The molecular weight excluding hydrogens is 244 g/mol. The van der Waals surface area contributed by atoms with E-state index in [1.165, 1.54) is 0 Å². The maximum Gasteiger partial charge on any atom is 0.255 e. The third-order valence-electron chi connectivity index (χ3n) is 3.07. The number of anilines is 1. The monoisotopic (exact) mass is 264 g/mol. The summed E-state index contributed by atoms with van der Waals surface area (Å²) in [6.07, 6.45) is 1.70. The van der Waals surface area contributed by atoms with E-state index in [0.717, 1.165) is 13.1 Å². The molecule has 6 nitrogen and oxygen atoms in total. The van der Waals surface area contributed by atoms with Gasteiger partial charge in [0.25, 0.3) is 5.91 Å². The van der Waals surface area contributed by atoms with Crippen molar-refractivity contribution in [1.29, 1.82) is 0 Å². The lowest BCUT2D eigenvalue weighted by molar-refractivity contribution is 0.0939. The van der Waals surface area contributed by atoms with Crippen LogP contribution in [0.1, 0.15) is 17.3 Å². The van der Waals surface area contributed by atoms with E-state index in [1.54, 1.807) is 18.3 Å². The van der Waals surface area contributed by atoms with Crippen LogP contribution in [0, 0.1) is 0 Å². The number of rotatable bonds is 4. The van der Waals surface area contributed by atoms with Gasteiger partial charge in [-0.25, -0.2) is 4.98 Å². The van der Waals surface area contributed by atoms with Gasteiger partial charge >= 0.3 is 0 Å². The summed E-state index contributed by atoms with van der Waals surface area (Å²) in [5, 5.41) is 2.86. The fraction of sp³-hybridized carbons (Fsp3) is 0.538. The molecule has 0 unspecified atom stereocenters. The molecule has 0 spiro atoms. The van der Waals surface area contributed by atoms with Crippen molar-refractivity contribution in [3.05, 3.63) is 23.9 Å². The largest absolute Gasteiger partial charge is 0.378 e. The van der Waals surface area contributed by atoms with Gasteiger partial charge in [-0.05, 0) is 19.1 Å². The van der Waals surface area contributed by atoms with Crippen molar-refractivity contribution in [1.82, 2.24) is 10.3 Å². The van der Waals surface area contributed by atoms with Crippen molar-refractivity contribution in [2.24, 2.45) is 5.73 Å². The van der Waals surface area contributed by atoms with E-state index in [-0.39, 0.29) is 11.9 Å². The quantitative estimate of drug-likeness (QED) is 0.800. The van der Waals surface area contributed by atoms with Crippen LogP contribution in [0.25, 0.3) is 0 Å². The summed E-state index contributed by atoms with van der Waals surface area (Å²) in [4.78, 5) is 18.6. The maximum absolute atomic E-state index is 12.2. The van der Waals surface area contributed by atoms with Crippen LogP contribution in [0.4, 0.5) is 5.82 Å². The van der Waals surface area contributed by atoms with Crippen molar-refractivity contribution in [3.8, 4) is 0 Å². The van der Waals surface area contributed by atoms with Gasteiger partial charge in [0.1, 0.15) is 5.82 Å². The second kappa shape index (κ2) is 6.49. The van der Waals surface area contributed by atoms with Crippen LogP contribution < -0.4 is 16.0 Å². The van der Waals surface area contributed by atoms with E-state index in [9.17, 15) is 4.79 Å². The molecule has 2 rings (SSSR count). The molecule has 1 aliphatic heterocycles. The molecule has 1 amide bonds. The molecule has 2 heterocycles. The molecule has 1 aromatic heterocycles. The SMILES string of the molecule is C[C@@H](CN)NC(=O)c1cccnc1N1CCOCC1. The Kier molecular flexibility index (Phi) is 4.70.